The Labute approximate surface area is 101 Å². The van der Waals surface area contributed by atoms with Crippen LogP contribution in [0.1, 0.15) is 12.8 Å². The Morgan fingerprint density at radius 1 is 1.19 bits per heavy atom. The Morgan fingerprint density at radius 2 is 1.88 bits per heavy atom. The Bertz CT molecular complexity index is 417. The van der Waals surface area contributed by atoms with Crippen LogP contribution in [0.25, 0.3) is 0 Å². The normalized spacial score (nSPS) is 22.8. The van der Waals surface area contributed by atoms with Crippen LogP contribution in [0.2, 0.25) is 0 Å². The minimum absolute atomic E-state index is 0.0577. The molecule has 0 aromatic carbocycles. The van der Waals surface area contributed by atoms with Crippen LogP contribution >= 0.6 is 10.7 Å². The van der Waals surface area contributed by atoms with E-state index in [1.165, 1.54) is 0 Å². The maximum absolute atomic E-state index is 11.3. The highest BCUT2D eigenvalue weighted by Crippen LogP contribution is 2.07. The van der Waals surface area contributed by atoms with Crippen LogP contribution in [0, 0.1) is 0 Å². The van der Waals surface area contributed by atoms with Gasteiger partial charge < -0.3 is 4.90 Å². The van der Waals surface area contributed by atoms with Gasteiger partial charge in [-0.15, -0.1) is 0 Å². The summed E-state index contributed by atoms with van der Waals surface area (Å²) in [6.45, 7) is 1.79. The van der Waals surface area contributed by atoms with Crippen molar-refractivity contribution in [3.05, 3.63) is 0 Å². The molecule has 8 heteroatoms. The highest BCUT2D eigenvalue weighted by Gasteiger charge is 2.19. The van der Waals surface area contributed by atoms with Crippen molar-refractivity contribution in [2.24, 2.45) is 0 Å². The number of nitrogens with zero attached hydrogens (tertiary/aromatic N) is 1. The van der Waals surface area contributed by atoms with Crippen LogP contribution in [-0.2, 0) is 18.9 Å². The van der Waals surface area contributed by atoms with Crippen LogP contribution in [-0.4, -0.2) is 58.6 Å². The van der Waals surface area contributed by atoms with Crippen LogP contribution < -0.4 is 0 Å². The van der Waals surface area contributed by atoms with Crippen molar-refractivity contribution < 1.29 is 16.8 Å². The van der Waals surface area contributed by atoms with Crippen molar-refractivity contribution in [2.45, 2.75) is 12.8 Å². The summed E-state index contributed by atoms with van der Waals surface area (Å²) in [6, 6.07) is 0. The van der Waals surface area contributed by atoms with Crippen molar-refractivity contribution in [3.8, 4) is 0 Å². The quantitative estimate of drug-likeness (QED) is 0.685. The summed E-state index contributed by atoms with van der Waals surface area (Å²) in [5.41, 5.74) is 0. The van der Waals surface area contributed by atoms with E-state index in [1.54, 1.807) is 0 Å². The van der Waals surface area contributed by atoms with Crippen molar-refractivity contribution in [3.63, 3.8) is 0 Å². The molecule has 0 saturated carbocycles. The third kappa shape index (κ3) is 6.03. The fourth-order valence-corrected chi connectivity index (χ4v) is 3.78. The molecule has 1 heterocycles. The third-order valence-corrected chi connectivity index (χ3v) is 5.47. The summed E-state index contributed by atoms with van der Waals surface area (Å²) in [5, 5.41) is 0. The molecular weight excluding hydrogens is 274 g/mol. The maximum atomic E-state index is 11.3. The Balaban J connectivity index is 2.34. The van der Waals surface area contributed by atoms with E-state index in [2.05, 4.69) is 0 Å². The lowest BCUT2D eigenvalue weighted by Gasteiger charge is -2.18. The minimum atomic E-state index is -3.43. The summed E-state index contributed by atoms with van der Waals surface area (Å²) in [7, 11) is -1.23. The van der Waals surface area contributed by atoms with Crippen molar-refractivity contribution in [1.29, 1.82) is 0 Å². The molecule has 0 spiro atoms. The van der Waals surface area contributed by atoms with Gasteiger partial charge in [0, 0.05) is 17.2 Å². The fraction of sp³-hybridized carbons (Fsp3) is 1.00. The molecule has 0 bridgehead atoms. The predicted molar refractivity (Wildman–Crippen MR) is 64.0 cm³/mol. The second-order valence-electron chi connectivity index (χ2n) is 3.94. The van der Waals surface area contributed by atoms with E-state index in [-0.39, 0.29) is 17.3 Å². The van der Waals surface area contributed by atoms with E-state index in [1.807, 2.05) is 4.90 Å². The molecule has 0 unspecified atom stereocenters. The zero-order valence-corrected chi connectivity index (χ0v) is 11.3. The summed E-state index contributed by atoms with van der Waals surface area (Å²) in [6.07, 6.45) is 1.07. The Morgan fingerprint density at radius 3 is 2.50 bits per heavy atom. The van der Waals surface area contributed by atoms with E-state index < -0.39 is 18.9 Å². The molecule has 1 saturated heterocycles. The molecule has 0 aromatic heterocycles. The van der Waals surface area contributed by atoms with Gasteiger partial charge in [0.15, 0.2) is 9.84 Å². The van der Waals surface area contributed by atoms with Gasteiger partial charge in [-0.2, -0.15) is 0 Å². The van der Waals surface area contributed by atoms with Gasteiger partial charge in [-0.05, 0) is 25.9 Å². The number of hydrogen-bond acceptors (Lipinski definition) is 5. The van der Waals surface area contributed by atoms with Gasteiger partial charge in [0.1, 0.15) is 0 Å². The lowest BCUT2D eigenvalue weighted by atomic mass is 10.3. The lowest BCUT2D eigenvalue weighted by Crippen LogP contribution is -2.29. The number of hydrogen-bond donors (Lipinski definition) is 0. The molecule has 0 amide bonds. The van der Waals surface area contributed by atoms with Gasteiger partial charge in [-0.1, -0.05) is 0 Å². The van der Waals surface area contributed by atoms with E-state index >= 15 is 0 Å². The smallest absolute Gasteiger partial charge is 0.232 e. The molecular formula is C8H16ClNO4S2. The van der Waals surface area contributed by atoms with Crippen molar-refractivity contribution in [1.82, 2.24) is 4.90 Å². The van der Waals surface area contributed by atoms with Gasteiger partial charge >= 0.3 is 0 Å². The second-order valence-corrected chi connectivity index (χ2v) is 9.14. The first-order valence-corrected chi connectivity index (χ1v) is 9.44. The number of sulfone groups is 1. The zero-order valence-electron chi connectivity index (χ0n) is 8.93. The standard InChI is InChI=1S/C8H16ClNO4S2/c9-16(13,14)7-2-4-10-3-1-6-15(11,12)8-5-10/h1-8H2. The van der Waals surface area contributed by atoms with Crippen molar-refractivity contribution in [2.75, 3.05) is 36.9 Å². The molecule has 16 heavy (non-hydrogen) atoms. The molecule has 0 radical (unpaired) electrons. The molecule has 1 fully saturated rings. The zero-order chi connectivity index (χ0) is 12.2. The van der Waals surface area contributed by atoms with Crippen LogP contribution in [0.4, 0.5) is 0 Å². The first-order valence-electron chi connectivity index (χ1n) is 5.14. The largest absolute Gasteiger partial charge is 0.302 e. The monoisotopic (exact) mass is 289 g/mol. The molecule has 1 aliphatic rings. The summed E-state index contributed by atoms with van der Waals surface area (Å²) < 4.78 is 44.0. The first kappa shape index (κ1) is 14.2. The van der Waals surface area contributed by atoms with E-state index in [0.717, 1.165) is 0 Å². The van der Waals surface area contributed by atoms with Crippen LogP contribution in [0.5, 0.6) is 0 Å². The molecule has 0 atom stereocenters. The minimum Gasteiger partial charge on any atom is -0.302 e. The molecule has 0 N–H and O–H groups in total. The summed E-state index contributed by atoms with van der Waals surface area (Å²) in [4.78, 5) is 1.98. The highest BCUT2D eigenvalue weighted by atomic mass is 35.7. The topological polar surface area (TPSA) is 71.5 Å². The molecule has 0 aromatic rings. The number of halogens is 1. The van der Waals surface area contributed by atoms with E-state index in [9.17, 15) is 16.8 Å². The number of rotatable bonds is 4. The molecule has 1 rings (SSSR count). The molecule has 1 aliphatic heterocycles. The van der Waals surface area contributed by atoms with Gasteiger partial charge in [0.2, 0.25) is 9.05 Å². The van der Waals surface area contributed by atoms with E-state index in [4.69, 9.17) is 10.7 Å². The molecule has 96 valence electrons. The summed E-state index contributed by atoms with van der Waals surface area (Å²) in [5.74, 6) is 0.343. The Hall–Kier alpha value is 0.150. The average Bonchev–Trinajstić information content (AvgIpc) is 2.26. The SMILES string of the molecule is O=S(=O)(Cl)CCCN1CCCS(=O)(=O)CC1. The highest BCUT2D eigenvalue weighted by molar-refractivity contribution is 8.13. The maximum Gasteiger partial charge on any atom is 0.232 e. The van der Waals surface area contributed by atoms with Crippen molar-refractivity contribution >= 4 is 29.6 Å². The summed E-state index contributed by atoms with van der Waals surface area (Å²) >= 11 is 0. The Kier molecular flexibility index (Phi) is 5.03. The van der Waals surface area contributed by atoms with Gasteiger partial charge in [0.25, 0.3) is 0 Å². The van der Waals surface area contributed by atoms with E-state index in [0.29, 0.717) is 32.5 Å². The lowest BCUT2D eigenvalue weighted by molar-refractivity contribution is 0.296. The third-order valence-electron chi connectivity index (χ3n) is 2.51. The first-order chi connectivity index (χ1) is 7.29. The van der Waals surface area contributed by atoms with Gasteiger partial charge in [0.05, 0.1) is 17.3 Å². The average molecular weight is 290 g/mol. The molecule has 0 aliphatic carbocycles. The fourth-order valence-electron chi connectivity index (χ4n) is 1.67. The van der Waals surface area contributed by atoms with Gasteiger partial charge in [-0.3, -0.25) is 0 Å². The van der Waals surface area contributed by atoms with Crippen LogP contribution in [0.3, 0.4) is 0 Å². The second kappa shape index (κ2) is 5.66. The van der Waals surface area contributed by atoms with Crippen LogP contribution in [0.15, 0.2) is 0 Å². The molecule has 5 nitrogen and oxygen atoms in total. The van der Waals surface area contributed by atoms with Gasteiger partial charge in [-0.25, -0.2) is 16.8 Å². The predicted octanol–water partition coefficient (Wildman–Crippen LogP) is 0.0656.